The van der Waals surface area contributed by atoms with Crippen molar-refractivity contribution in [3.05, 3.63) is 36.4 Å². The number of para-hydroxylation sites is 2. The number of carbonyl (C=O) groups is 1. The lowest BCUT2D eigenvalue weighted by atomic mass is 10.2. The summed E-state index contributed by atoms with van der Waals surface area (Å²) in [7, 11) is 1.86. The number of benzene rings is 1. The van der Waals surface area contributed by atoms with E-state index in [2.05, 4.69) is 15.5 Å². The predicted molar refractivity (Wildman–Crippen MR) is 78.7 cm³/mol. The summed E-state index contributed by atoms with van der Waals surface area (Å²) in [6, 6.07) is 7.52. The minimum absolute atomic E-state index is 0.0366. The van der Waals surface area contributed by atoms with Crippen molar-refractivity contribution in [1.29, 1.82) is 0 Å². The minimum Gasteiger partial charge on any atom is -0.486 e. The lowest BCUT2D eigenvalue weighted by molar-refractivity contribution is -0.121. The monoisotopic (exact) mass is 302 g/mol. The number of nitrogens with one attached hydrogen (secondary N) is 1. The maximum absolute atomic E-state index is 11.9. The predicted octanol–water partition coefficient (Wildman–Crippen LogP) is 0.704. The molecule has 1 aromatic carbocycles. The molecule has 1 aliphatic rings. The molecular formula is C15H18N4O3. The molecule has 1 aliphatic heterocycles. The highest BCUT2D eigenvalue weighted by Crippen LogP contribution is 2.30. The summed E-state index contributed by atoms with van der Waals surface area (Å²) in [6.07, 6.45) is 2.38. The lowest BCUT2D eigenvalue weighted by Crippen LogP contribution is -2.40. The molecule has 0 bridgehead atoms. The Kier molecular flexibility index (Phi) is 4.22. The second kappa shape index (κ2) is 6.46. The number of rotatable bonds is 5. The number of aromatic nitrogens is 3. The van der Waals surface area contributed by atoms with Gasteiger partial charge in [0.05, 0.1) is 6.54 Å². The average molecular weight is 302 g/mol. The molecule has 0 saturated heterocycles. The number of nitrogens with zero attached hydrogens (tertiary/aromatic N) is 3. The fraction of sp³-hybridized carbons (Fsp3) is 0.400. The van der Waals surface area contributed by atoms with Crippen LogP contribution in [0.2, 0.25) is 0 Å². The topological polar surface area (TPSA) is 78.3 Å². The van der Waals surface area contributed by atoms with E-state index in [0.29, 0.717) is 31.7 Å². The lowest BCUT2D eigenvalue weighted by Gasteiger charge is -2.26. The van der Waals surface area contributed by atoms with E-state index >= 15 is 0 Å². The van der Waals surface area contributed by atoms with Crippen molar-refractivity contribution in [2.24, 2.45) is 7.05 Å². The molecule has 0 aliphatic carbocycles. The summed E-state index contributed by atoms with van der Waals surface area (Å²) in [5.74, 6) is 2.21. The van der Waals surface area contributed by atoms with Crippen LogP contribution in [0.25, 0.3) is 0 Å². The van der Waals surface area contributed by atoms with Gasteiger partial charge in [0.2, 0.25) is 5.91 Å². The molecule has 0 radical (unpaired) electrons. The third-order valence-corrected chi connectivity index (χ3v) is 3.48. The Morgan fingerprint density at radius 1 is 1.41 bits per heavy atom. The average Bonchev–Trinajstić information content (AvgIpc) is 2.96. The molecule has 0 unspecified atom stereocenters. The quantitative estimate of drug-likeness (QED) is 0.880. The third kappa shape index (κ3) is 3.36. The molecule has 0 fully saturated rings. The van der Waals surface area contributed by atoms with Gasteiger partial charge in [0, 0.05) is 19.9 Å². The Morgan fingerprint density at radius 2 is 2.23 bits per heavy atom. The summed E-state index contributed by atoms with van der Waals surface area (Å²) in [5, 5.41) is 10.6. The van der Waals surface area contributed by atoms with Crippen molar-refractivity contribution in [3.63, 3.8) is 0 Å². The van der Waals surface area contributed by atoms with Gasteiger partial charge in [0.1, 0.15) is 24.9 Å². The van der Waals surface area contributed by atoms with Crippen LogP contribution < -0.4 is 14.8 Å². The number of amides is 1. The zero-order valence-corrected chi connectivity index (χ0v) is 12.4. The first kappa shape index (κ1) is 14.4. The van der Waals surface area contributed by atoms with E-state index in [1.807, 2.05) is 35.9 Å². The number of aryl methyl sites for hydroxylation is 2. The van der Waals surface area contributed by atoms with Crippen molar-refractivity contribution >= 4 is 5.91 Å². The van der Waals surface area contributed by atoms with Crippen LogP contribution in [0.5, 0.6) is 11.5 Å². The van der Waals surface area contributed by atoms with Gasteiger partial charge in [-0.2, -0.15) is 0 Å². The molecule has 2 aromatic rings. The fourth-order valence-corrected chi connectivity index (χ4v) is 2.24. The van der Waals surface area contributed by atoms with E-state index in [1.54, 1.807) is 6.33 Å². The molecule has 1 aromatic heterocycles. The summed E-state index contributed by atoms with van der Waals surface area (Å²) in [5.41, 5.74) is 0. The number of ether oxygens (including phenoxy) is 2. The molecule has 1 amide bonds. The van der Waals surface area contributed by atoms with Gasteiger partial charge in [-0.3, -0.25) is 4.79 Å². The Hall–Kier alpha value is -2.57. The first-order chi connectivity index (χ1) is 10.7. The van der Waals surface area contributed by atoms with Gasteiger partial charge >= 0.3 is 0 Å². The van der Waals surface area contributed by atoms with Crippen LogP contribution in [0, 0.1) is 0 Å². The number of fused-ring (bicyclic) bond motifs is 1. The highest BCUT2D eigenvalue weighted by molar-refractivity contribution is 5.76. The van der Waals surface area contributed by atoms with Crippen molar-refractivity contribution in [2.45, 2.75) is 18.9 Å². The highest BCUT2D eigenvalue weighted by atomic mass is 16.6. The van der Waals surface area contributed by atoms with Gasteiger partial charge in [-0.05, 0) is 12.1 Å². The first-order valence-corrected chi connectivity index (χ1v) is 7.20. The van der Waals surface area contributed by atoms with E-state index in [1.165, 1.54) is 0 Å². The molecule has 7 nitrogen and oxygen atoms in total. The number of hydrogen-bond acceptors (Lipinski definition) is 5. The molecule has 7 heteroatoms. The van der Waals surface area contributed by atoms with Crippen LogP contribution in [0.1, 0.15) is 12.2 Å². The minimum atomic E-state index is -0.173. The van der Waals surface area contributed by atoms with E-state index in [-0.39, 0.29) is 12.0 Å². The molecule has 0 saturated carbocycles. The second-order valence-electron chi connectivity index (χ2n) is 5.16. The molecule has 1 N–H and O–H groups in total. The normalized spacial score (nSPS) is 16.3. The van der Waals surface area contributed by atoms with Crippen molar-refractivity contribution in [1.82, 2.24) is 20.1 Å². The van der Waals surface area contributed by atoms with Gasteiger partial charge in [-0.25, -0.2) is 0 Å². The fourth-order valence-electron chi connectivity index (χ4n) is 2.24. The number of carbonyl (C=O) groups excluding carboxylic acids is 1. The van der Waals surface area contributed by atoms with Crippen molar-refractivity contribution in [3.8, 4) is 11.5 Å². The van der Waals surface area contributed by atoms with Crippen LogP contribution in [0.4, 0.5) is 0 Å². The second-order valence-corrected chi connectivity index (χ2v) is 5.16. The summed E-state index contributed by atoms with van der Waals surface area (Å²) in [6.45, 7) is 0.854. The highest BCUT2D eigenvalue weighted by Gasteiger charge is 2.20. The van der Waals surface area contributed by atoms with E-state index in [4.69, 9.17) is 9.47 Å². The zero-order chi connectivity index (χ0) is 15.4. The van der Waals surface area contributed by atoms with Crippen LogP contribution in [-0.2, 0) is 18.3 Å². The van der Waals surface area contributed by atoms with E-state index < -0.39 is 0 Å². The maximum atomic E-state index is 11.9. The maximum Gasteiger partial charge on any atom is 0.220 e. The van der Waals surface area contributed by atoms with Gasteiger partial charge in [-0.1, -0.05) is 12.1 Å². The summed E-state index contributed by atoms with van der Waals surface area (Å²) >= 11 is 0. The SMILES string of the molecule is Cn1cnnc1CCC(=O)NC[C@H]1COc2ccccc2O1. The zero-order valence-electron chi connectivity index (χ0n) is 12.4. The van der Waals surface area contributed by atoms with Gasteiger partial charge in [-0.15, -0.1) is 10.2 Å². The Bertz CT molecular complexity index is 656. The van der Waals surface area contributed by atoms with Crippen LogP contribution in [-0.4, -0.2) is 39.9 Å². The van der Waals surface area contributed by atoms with Crippen LogP contribution >= 0.6 is 0 Å². The van der Waals surface area contributed by atoms with Crippen LogP contribution in [0.15, 0.2) is 30.6 Å². The Morgan fingerprint density at radius 3 is 3.00 bits per heavy atom. The van der Waals surface area contributed by atoms with Gasteiger partial charge < -0.3 is 19.4 Å². The Labute approximate surface area is 128 Å². The number of hydrogen-bond donors (Lipinski definition) is 1. The van der Waals surface area contributed by atoms with E-state index in [0.717, 1.165) is 11.6 Å². The largest absolute Gasteiger partial charge is 0.486 e. The molecule has 116 valence electrons. The molecular weight excluding hydrogens is 284 g/mol. The Balaban J connectivity index is 1.43. The van der Waals surface area contributed by atoms with E-state index in [9.17, 15) is 4.79 Å². The molecule has 0 spiro atoms. The smallest absolute Gasteiger partial charge is 0.220 e. The van der Waals surface area contributed by atoms with Crippen molar-refractivity contribution in [2.75, 3.05) is 13.2 Å². The molecule has 22 heavy (non-hydrogen) atoms. The third-order valence-electron chi connectivity index (χ3n) is 3.48. The molecule has 2 heterocycles. The standard InChI is InChI=1S/C15H18N4O3/c1-19-10-17-18-14(19)6-7-15(20)16-8-11-9-21-12-4-2-3-5-13(12)22-11/h2-5,10-11H,6-9H2,1H3,(H,16,20)/t11-/m0/s1. The van der Waals surface area contributed by atoms with Crippen molar-refractivity contribution < 1.29 is 14.3 Å². The summed E-state index contributed by atoms with van der Waals surface area (Å²) < 4.78 is 13.2. The van der Waals surface area contributed by atoms with Gasteiger partial charge in [0.15, 0.2) is 11.5 Å². The molecule has 3 rings (SSSR count). The first-order valence-electron chi connectivity index (χ1n) is 7.20. The van der Waals surface area contributed by atoms with Crippen LogP contribution in [0.3, 0.4) is 0 Å². The van der Waals surface area contributed by atoms with Gasteiger partial charge in [0.25, 0.3) is 0 Å². The molecule has 1 atom stereocenters. The summed E-state index contributed by atoms with van der Waals surface area (Å²) in [4.78, 5) is 11.9.